The van der Waals surface area contributed by atoms with Crippen molar-refractivity contribution in [3.05, 3.63) is 63.5 Å². The second-order valence-electron chi connectivity index (χ2n) is 6.61. The summed E-state index contributed by atoms with van der Waals surface area (Å²) in [7, 11) is 3.05. The van der Waals surface area contributed by atoms with Crippen molar-refractivity contribution in [1.29, 1.82) is 0 Å². The molecule has 3 rings (SSSR count). The van der Waals surface area contributed by atoms with Gasteiger partial charge in [-0.2, -0.15) is 5.10 Å². The van der Waals surface area contributed by atoms with Crippen molar-refractivity contribution in [1.82, 2.24) is 14.8 Å². The molecule has 0 fully saturated rings. The zero-order chi connectivity index (χ0) is 22.5. The Morgan fingerprint density at radius 3 is 2.58 bits per heavy atom. The van der Waals surface area contributed by atoms with E-state index in [4.69, 9.17) is 32.7 Å². The van der Waals surface area contributed by atoms with Gasteiger partial charge in [0.15, 0.2) is 11.9 Å². The molecule has 2 heterocycles. The normalized spacial score (nSPS) is 12.1. The molecule has 0 saturated carbocycles. The zero-order valence-corrected chi connectivity index (χ0v) is 18.9. The Morgan fingerprint density at radius 1 is 1.16 bits per heavy atom. The number of hydrogen-bond donors (Lipinski definition) is 0. The standard InChI is InChI=1S/C22H21Cl2N3O4/c1-13-16(9-8-15-7-5-6-10-25-15)21(27(3)26-13)31-20-12-19(17(23)11-18(20)24)30-14(2)22(28)29-4/h5-12,14H,1-4H3/b9-8+/t14-/m0/s1. The molecule has 0 N–H and O–H groups in total. The van der Waals surface area contributed by atoms with Crippen molar-refractivity contribution >= 4 is 41.3 Å². The molecule has 0 aliphatic heterocycles. The summed E-state index contributed by atoms with van der Waals surface area (Å²) in [5, 5.41) is 4.95. The lowest BCUT2D eigenvalue weighted by Crippen LogP contribution is -2.25. The fraction of sp³-hybridized carbons (Fsp3) is 0.227. The lowest BCUT2D eigenvalue weighted by atomic mass is 10.2. The summed E-state index contributed by atoms with van der Waals surface area (Å²) in [5.41, 5.74) is 2.34. The highest BCUT2D eigenvalue weighted by atomic mass is 35.5. The molecule has 0 aliphatic rings. The van der Waals surface area contributed by atoms with Crippen molar-refractivity contribution in [2.45, 2.75) is 20.0 Å². The highest BCUT2D eigenvalue weighted by Gasteiger charge is 2.20. The number of aryl methyl sites for hydroxylation is 2. The van der Waals surface area contributed by atoms with Gasteiger partial charge in [0.05, 0.1) is 34.1 Å². The second kappa shape index (κ2) is 9.85. The van der Waals surface area contributed by atoms with Gasteiger partial charge in [-0.1, -0.05) is 29.3 Å². The summed E-state index contributed by atoms with van der Waals surface area (Å²) >= 11 is 12.6. The number of rotatable bonds is 7. The van der Waals surface area contributed by atoms with Crippen molar-refractivity contribution < 1.29 is 19.0 Å². The molecule has 1 atom stereocenters. The van der Waals surface area contributed by atoms with Gasteiger partial charge in [0.1, 0.15) is 5.75 Å². The van der Waals surface area contributed by atoms with Crippen molar-refractivity contribution in [2.24, 2.45) is 7.05 Å². The maximum Gasteiger partial charge on any atom is 0.346 e. The van der Waals surface area contributed by atoms with Crippen LogP contribution in [0.3, 0.4) is 0 Å². The van der Waals surface area contributed by atoms with E-state index in [9.17, 15) is 4.79 Å². The van der Waals surface area contributed by atoms with Crippen molar-refractivity contribution in [3.63, 3.8) is 0 Å². The van der Waals surface area contributed by atoms with Gasteiger partial charge in [-0.05, 0) is 44.2 Å². The van der Waals surface area contributed by atoms with E-state index in [1.54, 1.807) is 24.9 Å². The number of carbonyl (C=O) groups excluding carboxylic acids is 1. The van der Waals surface area contributed by atoms with E-state index >= 15 is 0 Å². The SMILES string of the molecule is COC(=O)[C@H](C)Oc1cc(Oc2c(/C=C/c3ccccn3)c(C)nn2C)c(Cl)cc1Cl. The summed E-state index contributed by atoms with van der Waals surface area (Å²) < 4.78 is 18.0. The Morgan fingerprint density at radius 2 is 1.90 bits per heavy atom. The van der Waals surface area contributed by atoms with Gasteiger partial charge in [0, 0.05) is 19.3 Å². The molecule has 0 radical (unpaired) electrons. The van der Waals surface area contributed by atoms with E-state index in [1.807, 2.05) is 37.3 Å². The van der Waals surface area contributed by atoms with E-state index in [0.29, 0.717) is 11.6 Å². The third-order valence-electron chi connectivity index (χ3n) is 4.35. The number of esters is 1. The molecular weight excluding hydrogens is 441 g/mol. The lowest BCUT2D eigenvalue weighted by molar-refractivity contribution is -0.147. The minimum Gasteiger partial charge on any atom is -0.477 e. The predicted molar refractivity (Wildman–Crippen MR) is 120 cm³/mol. The molecule has 9 heteroatoms. The molecule has 0 unspecified atom stereocenters. The van der Waals surface area contributed by atoms with Gasteiger partial charge >= 0.3 is 5.97 Å². The maximum absolute atomic E-state index is 11.7. The average Bonchev–Trinajstić information content (AvgIpc) is 3.02. The number of methoxy groups -OCH3 is 1. The maximum atomic E-state index is 11.7. The molecule has 0 bridgehead atoms. The summed E-state index contributed by atoms with van der Waals surface area (Å²) in [6.07, 6.45) is 4.61. The molecule has 3 aromatic rings. The zero-order valence-electron chi connectivity index (χ0n) is 17.4. The van der Waals surface area contributed by atoms with Gasteiger partial charge in [0.25, 0.3) is 0 Å². The molecule has 1 aromatic carbocycles. The second-order valence-corrected chi connectivity index (χ2v) is 7.43. The summed E-state index contributed by atoms with van der Waals surface area (Å²) in [4.78, 5) is 16.0. The van der Waals surface area contributed by atoms with Crippen LogP contribution in [0.25, 0.3) is 12.2 Å². The van der Waals surface area contributed by atoms with Crippen LogP contribution in [0, 0.1) is 6.92 Å². The van der Waals surface area contributed by atoms with Crippen LogP contribution in [0.2, 0.25) is 10.0 Å². The number of carbonyl (C=O) groups is 1. The first-order valence-electron chi connectivity index (χ1n) is 9.34. The highest BCUT2D eigenvalue weighted by Crippen LogP contribution is 2.39. The van der Waals surface area contributed by atoms with Crippen molar-refractivity contribution in [2.75, 3.05) is 7.11 Å². The van der Waals surface area contributed by atoms with Crippen LogP contribution in [-0.4, -0.2) is 33.9 Å². The van der Waals surface area contributed by atoms with Gasteiger partial charge < -0.3 is 14.2 Å². The first kappa shape index (κ1) is 22.7. The van der Waals surface area contributed by atoms with Crippen LogP contribution < -0.4 is 9.47 Å². The number of ether oxygens (including phenoxy) is 3. The minimum absolute atomic E-state index is 0.239. The van der Waals surface area contributed by atoms with Gasteiger partial charge in [-0.3, -0.25) is 4.98 Å². The van der Waals surface area contributed by atoms with Crippen LogP contribution >= 0.6 is 23.2 Å². The topological polar surface area (TPSA) is 75.5 Å². The van der Waals surface area contributed by atoms with E-state index < -0.39 is 12.1 Å². The number of halogens is 2. The Labute approximate surface area is 190 Å². The molecule has 0 amide bonds. The minimum atomic E-state index is -0.854. The molecular formula is C22H21Cl2N3O4. The Kier molecular flexibility index (Phi) is 7.20. The smallest absolute Gasteiger partial charge is 0.346 e. The third kappa shape index (κ3) is 5.37. The first-order chi connectivity index (χ1) is 14.8. The summed E-state index contributed by atoms with van der Waals surface area (Å²) in [5.74, 6) is 0.482. The van der Waals surface area contributed by atoms with Gasteiger partial charge in [-0.15, -0.1) is 0 Å². The molecule has 7 nitrogen and oxygen atoms in total. The molecule has 2 aromatic heterocycles. The van der Waals surface area contributed by atoms with E-state index in [1.165, 1.54) is 19.2 Å². The van der Waals surface area contributed by atoms with Crippen molar-refractivity contribution in [3.8, 4) is 17.4 Å². The molecule has 162 valence electrons. The quantitative estimate of drug-likeness (QED) is 0.442. The monoisotopic (exact) mass is 461 g/mol. The lowest BCUT2D eigenvalue weighted by Gasteiger charge is -2.16. The molecule has 0 spiro atoms. The van der Waals surface area contributed by atoms with E-state index in [0.717, 1.165) is 17.0 Å². The number of hydrogen-bond acceptors (Lipinski definition) is 6. The average molecular weight is 462 g/mol. The summed E-state index contributed by atoms with van der Waals surface area (Å²) in [6, 6.07) is 8.67. The van der Waals surface area contributed by atoms with Gasteiger partial charge in [-0.25, -0.2) is 9.48 Å². The van der Waals surface area contributed by atoms with Crippen LogP contribution in [0.4, 0.5) is 0 Å². The van der Waals surface area contributed by atoms with Crippen LogP contribution in [0.5, 0.6) is 17.4 Å². The highest BCUT2D eigenvalue weighted by molar-refractivity contribution is 6.36. The predicted octanol–water partition coefficient (Wildman–Crippen LogP) is 5.33. The van der Waals surface area contributed by atoms with E-state index in [2.05, 4.69) is 14.8 Å². The van der Waals surface area contributed by atoms with Crippen LogP contribution in [-0.2, 0) is 16.6 Å². The molecule has 0 aliphatic carbocycles. The first-order valence-corrected chi connectivity index (χ1v) is 10.1. The Balaban J connectivity index is 1.93. The number of nitrogens with zero attached hydrogens (tertiary/aromatic N) is 3. The van der Waals surface area contributed by atoms with E-state index in [-0.39, 0.29) is 15.8 Å². The van der Waals surface area contributed by atoms with Gasteiger partial charge in [0.2, 0.25) is 5.88 Å². The fourth-order valence-electron chi connectivity index (χ4n) is 2.80. The number of benzene rings is 1. The largest absolute Gasteiger partial charge is 0.477 e. The Hall–Kier alpha value is -3.03. The van der Waals surface area contributed by atoms with Crippen LogP contribution in [0.1, 0.15) is 23.9 Å². The molecule has 0 saturated heterocycles. The summed E-state index contributed by atoms with van der Waals surface area (Å²) in [6.45, 7) is 3.43. The number of pyridine rings is 1. The van der Waals surface area contributed by atoms with Crippen LogP contribution in [0.15, 0.2) is 36.5 Å². The molecule has 31 heavy (non-hydrogen) atoms. The Bertz CT molecular complexity index is 1110. The third-order valence-corrected chi connectivity index (χ3v) is 4.94. The fourth-order valence-corrected chi connectivity index (χ4v) is 3.26. The number of aromatic nitrogens is 3.